The van der Waals surface area contributed by atoms with Gasteiger partial charge in [0.15, 0.2) is 0 Å². The van der Waals surface area contributed by atoms with Gasteiger partial charge in [-0.3, -0.25) is 0 Å². The van der Waals surface area contributed by atoms with Crippen LogP contribution < -0.4 is 9.05 Å². The van der Waals surface area contributed by atoms with Crippen molar-refractivity contribution in [1.29, 1.82) is 0 Å². The van der Waals surface area contributed by atoms with Crippen LogP contribution in [0.1, 0.15) is 54.5 Å². The van der Waals surface area contributed by atoms with Gasteiger partial charge in [0, 0.05) is 15.9 Å². The molecule has 1 aliphatic rings. The molecule has 0 radical (unpaired) electrons. The summed E-state index contributed by atoms with van der Waals surface area (Å²) in [4.78, 5) is 1.22. The maximum absolute atomic E-state index is 6.93. The van der Waals surface area contributed by atoms with E-state index in [9.17, 15) is 0 Å². The van der Waals surface area contributed by atoms with E-state index >= 15 is 0 Å². The Balaban J connectivity index is 1.50. The van der Waals surface area contributed by atoms with Crippen molar-refractivity contribution >= 4 is 36.2 Å². The quantitative estimate of drug-likeness (QED) is 0.0902. The zero-order valence-electron chi connectivity index (χ0n) is 25.3. The summed E-state index contributed by atoms with van der Waals surface area (Å²) in [7, 11) is -1.55. The summed E-state index contributed by atoms with van der Waals surface area (Å²) < 4.78 is 17.5. The molecule has 5 aromatic rings. The Bertz CT molecular complexity index is 1510. The van der Waals surface area contributed by atoms with Gasteiger partial charge >= 0.3 is 8.53 Å². The van der Waals surface area contributed by atoms with Crippen molar-refractivity contribution in [2.24, 2.45) is 5.92 Å². The van der Waals surface area contributed by atoms with Crippen LogP contribution in [-0.4, -0.2) is 11.2 Å². The minimum absolute atomic E-state index is 0.0253. The minimum atomic E-state index is -1.55. The van der Waals surface area contributed by atoms with Gasteiger partial charge in [0.1, 0.15) is 11.5 Å². The van der Waals surface area contributed by atoms with E-state index < -0.39 is 8.53 Å². The number of hydrogen-bond donors (Lipinski definition) is 0. The number of hydrogen-bond acceptors (Lipinski definition) is 4. The Labute approximate surface area is 282 Å². The predicted molar refractivity (Wildman–Crippen MR) is 193 cm³/mol. The van der Waals surface area contributed by atoms with Crippen LogP contribution in [-0.2, 0) is 0 Å². The Morgan fingerprint density at radius 2 is 1.11 bits per heavy atom. The van der Waals surface area contributed by atoms with E-state index in [1.54, 1.807) is 0 Å². The summed E-state index contributed by atoms with van der Waals surface area (Å²) in [6.07, 6.45) is 6.34. The van der Waals surface area contributed by atoms with E-state index in [0.29, 0.717) is 5.92 Å². The van der Waals surface area contributed by atoms with Crippen LogP contribution in [0, 0.1) is 5.92 Å². The molecule has 6 rings (SSSR count). The first kappa shape index (κ1) is 31.9. The zero-order valence-corrected chi connectivity index (χ0v) is 28.6. The largest absolute Gasteiger partial charge is 0.427 e. The number of benzene rings is 5. The molecular weight excluding hydrogens is 657 g/mol. The fourth-order valence-electron chi connectivity index (χ4n) is 5.95. The molecule has 1 aliphatic carbocycles. The maximum Gasteiger partial charge on any atom is 0.385 e. The molecule has 0 amide bonds. The molecule has 0 spiro atoms. The molecule has 5 aromatic carbocycles. The van der Waals surface area contributed by atoms with Gasteiger partial charge in [-0.1, -0.05) is 132 Å². The maximum atomic E-state index is 6.93. The first-order valence-electron chi connectivity index (χ1n) is 15.8. The van der Waals surface area contributed by atoms with Gasteiger partial charge in [-0.15, -0.1) is 11.8 Å². The summed E-state index contributed by atoms with van der Waals surface area (Å²) in [5, 5.41) is 0.0714. The third kappa shape index (κ3) is 9.01. The van der Waals surface area contributed by atoms with Crippen LogP contribution in [0.4, 0.5) is 0 Å². The number of para-hydroxylation sites is 2. The third-order valence-electron chi connectivity index (χ3n) is 8.19. The molecule has 2 unspecified atom stereocenters. The summed E-state index contributed by atoms with van der Waals surface area (Å²) in [5.41, 5.74) is 2.54. The van der Waals surface area contributed by atoms with Crippen LogP contribution in [0.15, 0.2) is 155 Å². The minimum Gasteiger partial charge on any atom is -0.427 e. The van der Waals surface area contributed by atoms with Crippen molar-refractivity contribution in [2.45, 2.75) is 48.3 Å². The van der Waals surface area contributed by atoms with E-state index in [0.717, 1.165) is 22.5 Å². The van der Waals surface area contributed by atoms with Gasteiger partial charge in [0.25, 0.3) is 0 Å². The van der Waals surface area contributed by atoms with E-state index in [4.69, 9.17) is 9.05 Å². The molecular formula is C39H39BrNO2PS. The monoisotopic (exact) mass is 695 g/mol. The molecule has 1 saturated carbocycles. The lowest BCUT2D eigenvalue weighted by atomic mass is 9.88. The van der Waals surface area contributed by atoms with Crippen LogP contribution in [0.3, 0.4) is 0 Å². The lowest BCUT2D eigenvalue weighted by Gasteiger charge is -2.41. The number of nitrogens with zero attached hydrogens (tertiary/aromatic N) is 1. The van der Waals surface area contributed by atoms with Crippen molar-refractivity contribution in [2.75, 3.05) is 6.54 Å². The normalized spacial score (nSPS) is 15.1. The molecule has 0 heterocycles. The average Bonchev–Trinajstić information content (AvgIpc) is 3.10. The van der Waals surface area contributed by atoms with Gasteiger partial charge < -0.3 is 9.05 Å². The summed E-state index contributed by atoms with van der Waals surface area (Å²) >= 11 is 5.55. The average molecular weight is 697 g/mol. The van der Waals surface area contributed by atoms with E-state index in [2.05, 4.69) is 106 Å². The number of thioether (sulfide) groups is 1. The fourth-order valence-corrected chi connectivity index (χ4v) is 9.31. The molecule has 0 bridgehead atoms. The fraction of sp³-hybridized carbons (Fsp3) is 0.231. The van der Waals surface area contributed by atoms with Crippen LogP contribution in [0.5, 0.6) is 11.5 Å². The Hall–Kier alpha value is -3.08. The Kier molecular flexibility index (Phi) is 11.7. The number of rotatable bonds is 13. The first-order chi connectivity index (χ1) is 22.2. The third-order valence-corrected chi connectivity index (χ3v) is 11.6. The highest BCUT2D eigenvalue weighted by Crippen LogP contribution is 2.56. The molecule has 45 heavy (non-hydrogen) atoms. The van der Waals surface area contributed by atoms with Gasteiger partial charge in [0.2, 0.25) is 0 Å². The van der Waals surface area contributed by atoms with Crippen LogP contribution in [0.25, 0.3) is 0 Å². The van der Waals surface area contributed by atoms with E-state index in [-0.39, 0.29) is 11.3 Å². The van der Waals surface area contributed by atoms with Crippen molar-refractivity contribution in [3.8, 4) is 11.5 Å². The predicted octanol–water partition coefficient (Wildman–Crippen LogP) is 12.3. The van der Waals surface area contributed by atoms with Crippen LogP contribution in [0.2, 0.25) is 0 Å². The van der Waals surface area contributed by atoms with Crippen molar-refractivity contribution < 1.29 is 9.05 Å². The topological polar surface area (TPSA) is 21.7 Å². The highest BCUT2D eigenvalue weighted by atomic mass is 79.9. The second kappa shape index (κ2) is 16.5. The second-order valence-corrected chi connectivity index (χ2v) is 14.9. The van der Waals surface area contributed by atoms with Gasteiger partial charge in [-0.25, -0.2) is 4.67 Å². The molecule has 6 heteroatoms. The van der Waals surface area contributed by atoms with Crippen molar-refractivity contribution in [3.05, 3.63) is 161 Å². The van der Waals surface area contributed by atoms with Crippen molar-refractivity contribution in [3.63, 3.8) is 0 Å². The standard InChI is InChI=1S/C39H39BrNO2PS/c40-34-26-28-37(29-27-34)45-39(33-20-10-3-11-21-33)38(32-18-8-2-9-19-32)41(30-31-16-6-1-7-17-31)44(42-35-22-12-4-13-23-35)43-36-24-14-5-15-25-36/h2-5,8-15,18-29,31,38-39H,1,6-7,16-17,30H2. The zero-order chi connectivity index (χ0) is 30.7. The van der Waals surface area contributed by atoms with Crippen LogP contribution >= 0.6 is 36.2 Å². The van der Waals surface area contributed by atoms with E-state index in [1.807, 2.05) is 72.4 Å². The lowest BCUT2D eigenvalue weighted by Crippen LogP contribution is -2.35. The molecule has 230 valence electrons. The summed E-state index contributed by atoms with van der Waals surface area (Å²) in [6, 6.07) is 50.9. The number of halogens is 1. The van der Waals surface area contributed by atoms with Gasteiger partial charge in [-0.05, 0) is 78.4 Å². The molecule has 2 atom stereocenters. The molecule has 0 aromatic heterocycles. The second-order valence-electron chi connectivity index (χ2n) is 11.4. The SMILES string of the molecule is Brc1ccc(SC(c2ccccc2)C(c2ccccc2)N(CC2CCCCC2)P(Oc2ccccc2)Oc2ccccc2)cc1. The highest BCUT2D eigenvalue weighted by molar-refractivity contribution is 9.10. The summed E-state index contributed by atoms with van der Waals surface area (Å²) in [5.74, 6) is 2.21. The van der Waals surface area contributed by atoms with Gasteiger partial charge in [-0.2, -0.15) is 0 Å². The lowest BCUT2D eigenvalue weighted by molar-refractivity contribution is 0.217. The Morgan fingerprint density at radius 1 is 0.622 bits per heavy atom. The Morgan fingerprint density at radius 3 is 1.64 bits per heavy atom. The van der Waals surface area contributed by atoms with Crippen molar-refractivity contribution in [1.82, 2.24) is 4.67 Å². The smallest absolute Gasteiger partial charge is 0.385 e. The summed E-state index contributed by atoms with van der Waals surface area (Å²) in [6.45, 7) is 0.898. The molecule has 1 fully saturated rings. The van der Waals surface area contributed by atoms with Gasteiger partial charge in [0.05, 0.1) is 11.3 Å². The molecule has 0 N–H and O–H groups in total. The molecule has 0 saturated heterocycles. The highest BCUT2D eigenvalue weighted by Gasteiger charge is 2.40. The first-order valence-corrected chi connectivity index (χ1v) is 18.6. The molecule has 0 aliphatic heterocycles. The van der Waals surface area contributed by atoms with E-state index in [1.165, 1.54) is 48.1 Å². The molecule has 3 nitrogen and oxygen atoms in total.